The maximum absolute atomic E-state index is 10.6. The molecule has 0 unspecified atom stereocenters. The molecule has 1 aliphatic rings. The number of nitro groups is 1. The van der Waals surface area contributed by atoms with E-state index in [4.69, 9.17) is 16.3 Å². The van der Waals surface area contributed by atoms with Crippen molar-refractivity contribution < 1.29 is 9.66 Å². The Hall–Kier alpha value is -1.33. The third kappa shape index (κ3) is 3.08. The zero-order valence-corrected chi connectivity index (χ0v) is 9.94. The summed E-state index contributed by atoms with van der Waals surface area (Å²) >= 11 is 5.95. The number of hydrogen-bond acceptors (Lipinski definition) is 4. The zero-order valence-electron chi connectivity index (χ0n) is 9.19. The van der Waals surface area contributed by atoms with E-state index >= 15 is 0 Å². The second kappa shape index (κ2) is 5.33. The summed E-state index contributed by atoms with van der Waals surface area (Å²) in [6, 6.07) is 4.28. The first-order valence-corrected chi connectivity index (χ1v) is 5.86. The highest BCUT2D eigenvalue weighted by Gasteiger charge is 2.17. The van der Waals surface area contributed by atoms with Gasteiger partial charge in [0.05, 0.1) is 9.95 Å². The molecule has 0 amide bonds. The topological polar surface area (TPSA) is 64.4 Å². The van der Waals surface area contributed by atoms with Crippen LogP contribution in [0, 0.1) is 10.1 Å². The van der Waals surface area contributed by atoms with Gasteiger partial charge in [0, 0.05) is 12.1 Å². The van der Waals surface area contributed by atoms with Crippen LogP contribution in [0.4, 0.5) is 5.69 Å². The van der Waals surface area contributed by atoms with Gasteiger partial charge in [0.15, 0.2) is 0 Å². The minimum Gasteiger partial charge on any atom is -0.489 e. The Morgan fingerprint density at radius 1 is 1.41 bits per heavy atom. The lowest BCUT2D eigenvalue weighted by molar-refractivity contribution is -0.384. The van der Waals surface area contributed by atoms with E-state index in [1.54, 1.807) is 6.07 Å². The molecule has 6 heteroatoms. The van der Waals surface area contributed by atoms with Gasteiger partial charge in [-0.05, 0) is 32.0 Å². The van der Waals surface area contributed by atoms with Crippen LogP contribution < -0.4 is 10.1 Å². The Bertz CT molecular complexity index is 419. The van der Waals surface area contributed by atoms with Crippen molar-refractivity contribution >= 4 is 17.3 Å². The second-order valence-corrected chi connectivity index (χ2v) is 4.35. The van der Waals surface area contributed by atoms with Gasteiger partial charge in [0.25, 0.3) is 5.69 Å². The van der Waals surface area contributed by atoms with Gasteiger partial charge in [-0.15, -0.1) is 0 Å². The van der Waals surface area contributed by atoms with Crippen molar-refractivity contribution in [3.8, 4) is 5.75 Å². The van der Waals surface area contributed by atoms with Crippen LogP contribution in [0.25, 0.3) is 0 Å². The highest BCUT2D eigenvalue weighted by molar-refractivity contribution is 6.32. The van der Waals surface area contributed by atoms with E-state index in [1.165, 1.54) is 12.1 Å². The summed E-state index contributed by atoms with van der Waals surface area (Å²) < 4.78 is 5.73. The summed E-state index contributed by atoms with van der Waals surface area (Å²) in [5, 5.41) is 14.1. The van der Waals surface area contributed by atoms with Gasteiger partial charge in [-0.3, -0.25) is 10.1 Å². The molecule has 0 radical (unpaired) electrons. The van der Waals surface area contributed by atoms with Gasteiger partial charge in [-0.1, -0.05) is 11.6 Å². The number of non-ortho nitro benzene ring substituents is 1. The van der Waals surface area contributed by atoms with Crippen molar-refractivity contribution in [1.82, 2.24) is 5.32 Å². The highest BCUT2D eigenvalue weighted by atomic mass is 35.5. The van der Waals surface area contributed by atoms with Crippen molar-refractivity contribution in [3.63, 3.8) is 0 Å². The maximum atomic E-state index is 10.6. The predicted molar refractivity (Wildman–Crippen MR) is 64.6 cm³/mol. The Kier molecular flexibility index (Phi) is 3.81. The standard InChI is InChI=1S/C11H13ClN2O3/c12-10-7-8(14(15)16)1-2-11(10)17-9-3-5-13-6-4-9/h1-2,7,9,13H,3-6H2. The number of ether oxygens (including phenoxy) is 1. The van der Waals surface area contributed by atoms with Crippen LogP contribution in [0.15, 0.2) is 18.2 Å². The number of nitro benzene ring substituents is 1. The van der Waals surface area contributed by atoms with Crippen molar-refractivity contribution in [2.24, 2.45) is 0 Å². The van der Waals surface area contributed by atoms with Crippen LogP contribution in [0.2, 0.25) is 5.02 Å². The fraction of sp³-hybridized carbons (Fsp3) is 0.455. The summed E-state index contributed by atoms with van der Waals surface area (Å²) in [6.07, 6.45) is 1.98. The molecule has 0 aromatic heterocycles. The number of nitrogens with zero attached hydrogens (tertiary/aromatic N) is 1. The molecular weight excluding hydrogens is 244 g/mol. The summed E-state index contributed by atoms with van der Waals surface area (Å²) in [7, 11) is 0. The van der Waals surface area contributed by atoms with Gasteiger partial charge in [-0.25, -0.2) is 0 Å². The first-order chi connectivity index (χ1) is 8.16. The van der Waals surface area contributed by atoms with E-state index < -0.39 is 4.92 Å². The minimum absolute atomic E-state index is 0.0207. The van der Waals surface area contributed by atoms with E-state index in [2.05, 4.69) is 5.32 Å². The number of piperidine rings is 1. The number of benzene rings is 1. The normalized spacial score (nSPS) is 16.8. The number of rotatable bonds is 3. The molecule has 1 aromatic rings. The van der Waals surface area contributed by atoms with Crippen LogP contribution in [-0.2, 0) is 0 Å². The molecule has 1 aromatic carbocycles. The molecular formula is C11H13ClN2O3. The Morgan fingerprint density at radius 3 is 2.71 bits per heavy atom. The Balaban J connectivity index is 2.08. The minimum atomic E-state index is -0.472. The molecule has 0 aliphatic carbocycles. The molecule has 1 fully saturated rings. The molecule has 1 N–H and O–H groups in total. The molecule has 0 spiro atoms. The lowest BCUT2D eigenvalue weighted by Crippen LogP contribution is -2.34. The van der Waals surface area contributed by atoms with E-state index in [-0.39, 0.29) is 16.8 Å². The average molecular weight is 257 g/mol. The highest BCUT2D eigenvalue weighted by Crippen LogP contribution is 2.30. The fourth-order valence-electron chi connectivity index (χ4n) is 1.79. The molecule has 17 heavy (non-hydrogen) atoms. The molecule has 0 atom stereocenters. The molecule has 1 saturated heterocycles. The Labute approximate surface area is 104 Å². The van der Waals surface area contributed by atoms with Gasteiger partial charge >= 0.3 is 0 Å². The first-order valence-electron chi connectivity index (χ1n) is 5.48. The summed E-state index contributed by atoms with van der Waals surface area (Å²) in [4.78, 5) is 10.1. The summed E-state index contributed by atoms with van der Waals surface area (Å²) in [5.41, 5.74) is -0.0207. The van der Waals surface area contributed by atoms with E-state index in [1.807, 2.05) is 0 Å². The molecule has 5 nitrogen and oxygen atoms in total. The van der Waals surface area contributed by atoms with Gasteiger partial charge < -0.3 is 10.1 Å². The van der Waals surface area contributed by atoms with Crippen molar-refractivity contribution in [1.29, 1.82) is 0 Å². The lowest BCUT2D eigenvalue weighted by Gasteiger charge is -2.24. The van der Waals surface area contributed by atoms with E-state index in [0.717, 1.165) is 25.9 Å². The van der Waals surface area contributed by atoms with E-state index in [9.17, 15) is 10.1 Å². The van der Waals surface area contributed by atoms with Crippen molar-refractivity contribution in [2.45, 2.75) is 18.9 Å². The third-order valence-electron chi connectivity index (χ3n) is 2.71. The van der Waals surface area contributed by atoms with Gasteiger partial charge in [0.2, 0.25) is 0 Å². The predicted octanol–water partition coefficient (Wildman–Crippen LogP) is 2.38. The quantitative estimate of drug-likeness (QED) is 0.666. The Morgan fingerprint density at radius 2 is 2.12 bits per heavy atom. The van der Waals surface area contributed by atoms with Crippen molar-refractivity contribution in [2.75, 3.05) is 13.1 Å². The number of hydrogen-bond donors (Lipinski definition) is 1. The van der Waals surface area contributed by atoms with Gasteiger partial charge in [0.1, 0.15) is 11.9 Å². The number of nitrogens with one attached hydrogen (secondary N) is 1. The molecule has 2 rings (SSSR count). The molecule has 92 valence electrons. The zero-order chi connectivity index (χ0) is 12.3. The smallest absolute Gasteiger partial charge is 0.271 e. The first kappa shape index (κ1) is 12.1. The maximum Gasteiger partial charge on any atom is 0.271 e. The van der Waals surface area contributed by atoms with Crippen molar-refractivity contribution in [3.05, 3.63) is 33.3 Å². The average Bonchev–Trinajstić information content (AvgIpc) is 2.33. The van der Waals surface area contributed by atoms with E-state index in [0.29, 0.717) is 5.75 Å². The molecule has 0 saturated carbocycles. The van der Waals surface area contributed by atoms with Crippen LogP contribution in [0.1, 0.15) is 12.8 Å². The largest absolute Gasteiger partial charge is 0.489 e. The van der Waals surface area contributed by atoms with Crippen LogP contribution >= 0.6 is 11.6 Å². The SMILES string of the molecule is O=[N+]([O-])c1ccc(OC2CCNCC2)c(Cl)c1. The summed E-state index contributed by atoms with van der Waals surface area (Å²) in [5.74, 6) is 0.518. The fourth-order valence-corrected chi connectivity index (χ4v) is 2.01. The number of halogens is 1. The second-order valence-electron chi connectivity index (χ2n) is 3.94. The van der Waals surface area contributed by atoms with Crippen LogP contribution in [0.5, 0.6) is 5.75 Å². The molecule has 1 heterocycles. The van der Waals surface area contributed by atoms with Gasteiger partial charge in [-0.2, -0.15) is 0 Å². The lowest BCUT2D eigenvalue weighted by atomic mass is 10.1. The third-order valence-corrected chi connectivity index (χ3v) is 3.00. The molecule has 1 aliphatic heterocycles. The van der Waals surface area contributed by atoms with Crippen LogP contribution in [-0.4, -0.2) is 24.1 Å². The summed E-state index contributed by atoms with van der Waals surface area (Å²) in [6.45, 7) is 1.85. The van der Waals surface area contributed by atoms with Crippen LogP contribution in [0.3, 0.4) is 0 Å². The monoisotopic (exact) mass is 256 g/mol. The molecule has 0 bridgehead atoms.